The van der Waals surface area contributed by atoms with Gasteiger partial charge in [-0.15, -0.1) is 0 Å². The van der Waals surface area contributed by atoms with Gasteiger partial charge in [-0.05, 0) is 123 Å². The first-order valence-corrected chi connectivity index (χ1v) is 14.0. The van der Waals surface area contributed by atoms with Crippen LogP contribution in [0.1, 0.15) is 33.6 Å². The predicted octanol–water partition coefficient (Wildman–Crippen LogP) is 7.49. The van der Waals surface area contributed by atoms with E-state index in [0.717, 1.165) is 51.3 Å². The number of imide groups is 1. The second kappa shape index (κ2) is 11.8. The van der Waals surface area contributed by atoms with Crippen LogP contribution in [-0.2, 0) is 4.79 Å². The van der Waals surface area contributed by atoms with Crippen LogP contribution in [0.4, 0.5) is 4.79 Å². The fraction of sp³-hybridized carbons (Fsp3) is 0.182. The third-order valence-electron chi connectivity index (χ3n) is 6.86. The minimum absolute atomic E-state index is 0.186. The molecule has 41 heavy (non-hydrogen) atoms. The van der Waals surface area contributed by atoms with E-state index in [1.165, 1.54) is 4.90 Å². The van der Waals surface area contributed by atoms with Crippen LogP contribution in [0.3, 0.4) is 0 Å². The van der Waals surface area contributed by atoms with E-state index in [0.29, 0.717) is 22.0 Å². The van der Waals surface area contributed by atoms with Crippen molar-refractivity contribution in [3.8, 4) is 29.0 Å². The van der Waals surface area contributed by atoms with E-state index < -0.39 is 0 Å². The number of nitriles is 1. The lowest BCUT2D eigenvalue weighted by Gasteiger charge is -2.14. The summed E-state index contributed by atoms with van der Waals surface area (Å²) < 4.78 is 13.9. The largest absolute Gasteiger partial charge is 0.491 e. The number of amides is 2. The zero-order chi connectivity index (χ0) is 29.1. The van der Waals surface area contributed by atoms with E-state index in [4.69, 9.17) is 14.7 Å². The first kappa shape index (κ1) is 27.8. The molecule has 1 aliphatic rings. The highest BCUT2D eigenvalue weighted by Gasteiger charge is 2.35. The number of rotatable bonds is 8. The maximum Gasteiger partial charge on any atom is 0.293 e. The van der Waals surface area contributed by atoms with Gasteiger partial charge < -0.3 is 14.0 Å². The van der Waals surface area contributed by atoms with Crippen LogP contribution in [0.25, 0.3) is 11.8 Å². The SMILES string of the molecule is Cc1ccc(C)c(OCCN2C(=O)S/C(=C\c3cc(C)n(-c4ccc(Oc5ccc(C#N)cc5)cc4)c3C)C2=O)c1. The standard InChI is InChI=1S/C33H29N3O4S/c1-21-5-6-22(2)30(17-21)39-16-15-35-32(37)31(41-33(35)38)19-26-18-23(3)36(24(26)4)27-9-13-29(14-10-27)40-28-11-7-25(20-34)8-12-28/h5-14,17-19H,15-16H2,1-4H3/b31-19-. The summed E-state index contributed by atoms with van der Waals surface area (Å²) in [6.07, 6.45) is 1.79. The zero-order valence-electron chi connectivity index (χ0n) is 23.3. The smallest absolute Gasteiger partial charge is 0.293 e. The Morgan fingerprint density at radius 3 is 2.27 bits per heavy atom. The summed E-state index contributed by atoms with van der Waals surface area (Å²) in [6.45, 7) is 8.37. The Labute approximate surface area is 243 Å². The van der Waals surface area contributed by atoms with Crippen molar-refractivity contribution in [2.45, 2.75) is 27.7 Å². The van der Waals surface area contributed by atoms with E-state index in [-0.39, 0.29) is 24.3 Å². The lowest BCUT2D eigenvalue weighted by Crippen LogP contribution is -2.32. The molecule has 5 rings (SSSR count). The molecule has 0 aliphatic carbocycles. The van der Waals surface area contributed by atoms with Crippen molar-refractivity contribution >= 4 is 29.0 Å². The van der Waals surface area contributed by atoms with Gasteiger partial charge in [-0.1, -0.05) is 12.1 Å². The van der Waals surface area contributed by atoms with Crippen molar-refractivity contribution in [2.24, 2.45) is 0 Å². The van der Waals surface area contributed by atoms with E-state index in [2.05, 4.69) is 10.6 Å². The summed E-state index contributed by atoms with van der Waals surface area (Å²) in [5.74, 6) is 1.78. The van der Waals surface area contributed by atoms with Crippen molar-refractivity contribution in [1.29, 1.82) is 5.26 Å². The molecule has 1 aliphatic heterocycles. The van der Waals surface area contributed by atoms with E-state index in [9.17, 15) is 9.59 Å². The van der Waals surface area contributed by atoms with Gasteiger partial charge in [0.15, 0.2) is 0 Å². The summed E-state index contributed by atoms with van der Waals surface area (Å²) in [4.78, 5) is 27.4. The van der Waals surface area contributed by atoms with Crippen LogP contribution in [-0.4, -0.2) is 33.8 Å². The molecule has 1 fully saturated rings. The Morgan fingerprint density at radius 1 is 0.902 bits per heavy atom. The summed E-state index contributed by atoms with van der Waals surface area (Å²) in [7, 11) is 0. The molecule has 0 atom stereocenters. The summed E-state index contributed by atoms with van der Waals surface area (Å²) in [5, 5.41) is 8.67. The van der Waals surface area contributed by atoms with Gasteiger partial charge >= 0.3 is 0 Å². The fourth-order valence-electron chi connectivity index (χ4n) is 4.67. The molecule has 8 heteroatoms. The monoisotopic (exact) mass is 563 g/mol. The molecule has 0 bridgehead atoms. The number of thioether (sulfide) groups is 1. The summed E-state index contributed by atoms with van der Waals surface area (Å²) >= 11 is 0.953. The third kappa shape index (κ3) is 6.06. The number of nitrogens with zero attached hydrogens (tertiary/aromatic N) is 3. The van der Waals surface area contributed by atoms with Crippen LogP contribution in [0.5, 0.6) is 17.2 Å². The molecule has 0 spiro atoms. The average molecular weight is 564 g/mol. The van der Waals surface area contributed by atoms with E-state index in [1.54, 1.807) is 30.3 Å². The lowest BCUT2D eigenvalue weighted by molar-refractivity contribution is -0.123. The highest BCUT2D eigenvalue weighted by molar-refractivity contribution is 8.18. The molecule has 1 aromatic heterocycles. The number of carbonyl (C=O) groups excluding carboxylic acids is 2. The zero-order valence-corrected chi connectivity index (χ0v) is 24.1. The predicted molar refractivity (Wildman–Crippen MR) is 161 cm³/mol. The average Bonchev–Trinajstić information content (AvgIpc) is 3.39. The Morgan fingerprint density at radius 2 is 1.59 bits per heavy atom. The van der Waals surface area contributed by atoms with Gasteiger partial charge in [0, 0.05) is 17.1 Å². The number of carbonyl (C=O) groups is 2. The molecule has 1 saturated heterocycles. The van der Waals surface area contributed by atoms with Crippen LogP contribution in [0.2, 0.25) is 0 Å². The second-order valence-corrected chi connectivity index (χ2v) is 10.8. The number of aryl methyl sites for hydroxylation is 3. The number of hydrogen-bond donors (Lipinski definition) is 0. The number of benzene rings is 3. The number of hydrogen-bond acceptors (Lipinski definition) is 6. The van der Waals surface area contributed by atoms with Gasteiger partial charge in [0.05, 0.1) is 23.1 Å². The fourth-order valence-corrected chi connectivity index (χ4v) is 5.53. The maximum absolute atomic E-state index is 13.1. The van der Waals surface area contributed by atoms with Crippen molar-refractivity contribution in [3.05, 3.63) is 111 Å². The molecular weight excluding hydrogens is 534 g/mol. The topological polar surface area (TPSA) is 84.6 Å². The molecule has 0 N–H and O–H groups in total. The van der Waals surface area contributed by atoms with Gasteiger partial charge in [-0.2, -0.15) is 5.26 Å². The van der Waals surface area contributed by atoms with Crippen LogP contribution in [0.15, 0.2) is 77.7 Å². The van der Waals surface area contributed by atoms with Gasteiger partial charge in [0.25, 0.3) is 11.1 Å². The summed E-state index contributed by atoms with van der Waals surface area (Å²) in [5.41, 5.74) is 6.44. The van der Waals surface area contributed by atoms with Gasteiger partial charge in [-0.3, -0.25) is 14.5 Å². The van der Waals surface area contributed by atoms with E-state index >= 15 is 0 Å². The quantitative estimate of drug-likeness (QED) is 0.207. The maximum atomic E-state index is 13.1. The Hall–Kier alpha value is -4.74. The molecule has 4 aromatic rings. The normalized spacial score (nSPS) is 14.0. The highest BCUT2D eigenvalue weighted by atomic mass is 32.2. The van der Waals surface area contributed by atoms with Crippen LogP contribution < -0.4 is 9.47 Å². The van der Waals surface area contributed by atoms with Crippen molar-refractivity contribution in [1.82, 2.24) is 9.47 Å². The Bertz CT molecular complexity index is 1700. The molecular formula is C33H29N3O4S. The Balaban J connectivity index is 1.27. The van der Waals surface area contributed by atoms with E-state index in [1.807, 2.05) is 76.2 Å². The Kier molecular flexibility index (Phi) is 7.99. The number of ether oxygens (including phenoxy) is 2. The lowest BCUT2D eigenvalue weighted by atomic mass is 10.1. The third-order valence-corrected chi connectivity index (χ3v) is 7.77. The van der Waals surface area contributed by atoms with Crippen molar-refractivity contribution < 1.29 is 19.1 Å². The molecule has 2 amide bonds. The first-order valence-electron chi connectivity index (χ1n) is 13.2. The van der Waals surface area contributed by atoms with Crippen molar-refractivity contribution in [2.75, 3.05) is 13.2 Å². The summed E-state index contributed by atoms with van der Waals surface area (Å²) in [6, 6.07) is 24.7. The molecule has 3 aromatic carbocycles. The molecule has 7 nitrogen and oxygen atoms in total. The molecule has 0 radical (unpaired) electrons. The molecule has 206 valence electrons. The van der Waals surface area contributed by atoms with Crippen LogP contribution >= 0.6 is 11.8 Å². The second-order valence-electron chi connectivity index (χ2n) is 9.84. The minimum Gasteiger partial charge on any atom is -0.491 e. The number of aromatic nitrogens is 1. The molecule has 0 unspecified atom stereocenters. The first-order chi connectivity index (χ1) is 19.7. The molecule has 0 saturated carbocycles. The van der Waals surface area contributed by atoms with Crippen LogP contribution in [0, 0.1) is 39.0 Å². The van der Waals surface area contributed by atoms with Gasteiger partial charge in [0.2, 0.25) is 0 Å². The van der Waals surface area contributed by atoms with Crippen molar-refractivity contribution in [3.63, 3.8) is 0 Å². The molecule has 2 heterocycles. The van der Waals surface area contributed by atoms with Gasteiger partial charge in [0.1, 0.15) is 23.9 Å². The minimum atomic E-state index is -0.307. The highest BCUT2D eigenvalue weighted by Crippen LogP contribution is 2.34. The van der Waals surface area contributed by atoms with Gasteiger partial charge in [-0.25, -0.2) is 0 Å².